The van der Waals surface area contributed by atoms with Crippen LogP contribution in [0.3, 0.4) is 0 Å². The number of amides is 2. The smallest absolute Gasteiger partial charge is 0.226 e. The summed E-state index contributed by atoms with van der Waals surface area (Å²) >= 11 is 1.51. The quantitative estimate of drug-likeness (QED) is 0.852. The van der Waals surface area contributed by atoms with Gasteiger partial charge in [-0.05, 0) is 23.6 Å². The van der Waals surface area contributed by atoms with Crippen molar-refractivity contribution < 1.29 is 9.59 Å². The molecule has 2 rings (SSSR count). The number of nitrogens with one attached hydrogen (secondary N) is 2. The van der Waals surface area contributed by atoms with Crippen LogP contribution in [0.4, 0.5) is 11.5 Å². The molecule has 0 radical (unpaired) electrons. The lowest BCUT2D eigenvalue weighted by molar-refractivity contribution is -0.120. The van der Waals surface area contributed by atoms with E-state index in [2.05, 4.69) is 15.6 Å². The average Bonchev–Trinajstić information content (AvgIpc) is 3.00. The number of nitrogens with zero attached hydrogens (tertiary/aromatic N) is 2. The number of rotatable bonds is 6. The van der Waals surface area contributed by atoms with Crippen molar-refractivity contribution in [1.82, 2.24) is 10.3 Å². The molecule has 23 heavy (non-hydrogen) atoms. The summed E-state index contributed by atoms with van der Waals surface area (Å²) in [7, 11) is 3.80. The summed E-state index contributed by atoms with van der Waals surface area (Å²) in [5.74, 6) is 0.488. The standard InChI is InChI=1S/C16H20N4O2S/c1-11(21)18-13(14-5-4-8-23-14)9-16(22)19-12-6-7-15(17-10-12)20(2)3/h4-8,10,13H,9H2,1-3H3,(H,18,21)(H,19,22)/t13-/m1/s1. The molecule has 2 aromatic rings. The lowest BCUT2D eigenvalue weighted by Gasteiger charge is -2.16. The molecule has 0 unspecified atom stereocenters. The van der Waals surface area contributed by atoms with Crippen LogP contribution in [0.2, 0.25) is 0 Å². The molecule has 122 valence electrons. The second-order valence-electron chi connectivity index (χ2n) is 5.32. The van der Waals surface area contributed by atoms with Crippen molar-refractivity contribution in [3.8, 4) is 0 Å². The lowest BCUT2D eigenvalue weighted by Crippen LogP contribution is -2.29. The highest BCUT2D eigenvalue weighted by Gasteiger charge is 2.18. The van der Waals surface area contributed by atoms with Gasteiger partial charge in [0.15, 0.2) is 0 Å². The number of thiophene rings is 1. The zero-order valence-corrected chi connectivity index (χ0v) is 14.2. The number of hydrogen-bond acceptors (Lipinski definition) is 5. The van der Waals surface area contributed by atoms with Gasteiger partial charge in [0.1, 0.15) is 5.82 Å². The molecular formula is C16H20N4O2S. The van der Waals surface area contributed by atoms with Crippen LogP contribution in [-0.4, -0.2) is 30.9 Å². The first kappa shape index (κ1) is 17.0. The van der Waals surface area contributed by atoms with Crippen LogP contribution in [-0.2, 0) is 9.59 Å². The van der Waals surface area contributed by atoms with Gasteiger partial charge >= 0.3 is 0 Å². The summed E-state index contributed by atoms with van der Waals surface area (Å²) in [5.41, 5.74) is 0.633. The maximum atomic E-state index is 12.2. The number of aromatic nitrogens is 1. The molecule has 1 atom stereocenters. The highest BCUT2D eigenvalue weighted by Crippen LogP contribution is 2.22. The Bertz CT molecular complexity index is 653. The van der Waals surface area contributed by atoms with E-state index in [0.717, 1.165) is 10.7 Å². The van der Waals surface area contributed by atoms with Gasteiger partial charge in [-0.2, -0.15) is 0 Å². The van der Waals surface area contributed by atoms with E-state index in [0.29, 0.717) is 5.69 Å². The molecule has 0 saturated carbocycles. The molecule has 2 N–H and O–H groups in total. The van der Waals surface area contributed by atoms with Crippen molar-refractivity contribution in [2.24, 2.45) is 0 Å². The fourth-order valence-electron chi connectivity index (χ4n) is 2.08. The Morgan fingerprint density at radius 2 is 2.09 bits per heavy atom. The van der Waals surface area contributed by atoms with Crippen molar-refractivity contribution in [1.29, 1.82) is 0 Å². The predicted octanol–water partition coefficient (Wildman–Crippen LogP) is 2.42. The van der Waals surface area contributed by atoms with Gasteiger partial charge in [-0.1, -0.05) is 6.07 Å². The van der Waals surface area contributed by atoms with Crippen LogP contribution in [0.5, 0.6) is 0 Å². The van der Waals surface area contributed by atoms with E-state index in [1.807, 2.05) is 42.6 Å². The molecular weight excluding hydrogens is 312 g/mol. The molecule has 2 heterocycles. The number of pyridine rings is 1. The van der Waals surface area contributed by atoms with Gasteiger partial charge in [-0.15, -0.1) is 11.3 Å². The minimum atomic E-state index is -0.318. The minimum absolute atomic E-state index is 0.159. The molecule has 6 nitrogen and oxygen atoms in total. The first-order valence-corrected chi connectivity index (χ1v) is 8.07. The Balaban J connectivity index is 2.00. The van der Waals surface area contributed by atoms with Crippen molar-refractivity contribution in [3.05, 3.63) is 40.7 Å². The van der Waals surface area contributed by atoms with Crippen LogP contribution in [0.25, 0.3) is 0 Å². The molecule has 7 heteroatoms. The number of carbonyl (C=O) groups is 2. The third-order valence-electron chi connectivity index (χ3n) is 3.14. The van der Waals surface area contributed by atoms with Gasteiger partial charge in [0, 0.05) is 25.9 Å². The van der Waals surface area contributed by atoms with Crippen LogP contribution >= 0.6 is 11.3 Å². The molecule has 0 aliphatic carbocycles. The van der Waals surface area contributed by atoms with Crippen molar-refractivity contribution in [2.45, 2.75) is 19.4 Å². The summed E-state index contributed by atoms with van der Waals surface area (Å²) in [6, 6.07) is 7.13. The highest BCUT2D eigenvalue weighted by atomic mass is 32.1. The van der Waals surface area contributed by atoms with Gasteiger partial charge in [0.25, 0.3) is 0 Å². The maximum absolute atomic E-state index is 12.2. The zero-order valence-electron chi connectivity index (χ0n) is 13.4. The van der Waals surface area contributed by atoms with Crippen LogP contribution in [0.1, 0.15) is 24.3 Å². The van der Waals surface area contributed by atoms with E-state index in [1.54, 1.807) is 12.3 Å². The molecule has 0 fully saturated rings. The van der Waals surface area contributed by atoms with Gasteiger partial charge in [-0.25, -0.2) is 4.98 Å². The fraction of sp³-hybridized carbons (Fsp3) is 0.312. The van der Waals surface area contributed by atoms with Crippen molar-refractivity contribution in [3.63, 3.8) is 0 Å². The Hall–Kier alpha value is -2.41. The zero-order chi connectivity index (χ0) is 16.8. The van der Waals surface area contributed by atoms with Gasteiger partial charge < -0.3 is 15.5 Å². The summed E-state index contributed by atoms with van der Waals surface area (Å²) < 4.78 is 0. The third-order valence-corrected chi connectivity index (χ3v) is 4.13. The molecule has 0 aromatic carbocycles. The summed E-state index contributed by atoms with van der Waals surface area (Å²) in [4.78, 5) is 30.7. The third kappa shape index (κ3) is 5.07. The van der Waals surface area contributed by atoms with Gasteiger partial charge in [-0.3, -0.25) is 9.59 Å². The summed E-state index contributed by atoms with van der Waals surface area (Å²) in [5, 5.41) is 7.54. The summed E-state index contributed by atoms with van der Waals surface area (Å²) in [6.07, 6.45) is 1.79. The van der Waals surface area contributed by atoms with Gasteiger partial charge in [0.2, 0.25) is 11.8 Å². The van der Waals surface area contributed by atoms with E-state index in [1.165, 1.54) is 18.3 Å². The predicted molar refractivity (Wildman–Crippen MR) is 92.7 cm³/mol. The second kappa shape index (κ2) is 7.73. The Labute approximate surface area is 139 Å². The molecule has 0 saturated heterocycles. The van der Waals surface area contributed by atoms with Crippen LogP contribution < -0.4 is 15.5 Å². The second-order valence-corrected chi connectivity index (χ2v) is 6.30. The summed E-state index contributed by atoms with van der Waals surface area (Å²) in [6.45, 7) is 1.45. The first-order valence-electron chi connectivity index (χ1n) is 7.19. The molecule has 0 aliphatic heterocycles. The fourth-order valence-corrected chi connectivity index (χ4v) is 2.86. The Morgan fingerprint density at radius 1 is 1.30 bits per heavy atom. The number of anilines is 2. The molecule has 0 spiro atoms. The van der Waals surface area contributed by atoms with E-state index in [-0.39, 0.29) is 24.3 Å². The molecule has 0 bridgehead atoms. The number of carbonyl (C=O) groups excluding carboxylic acids is 2. The largest absolute Gasteiger partial charge is 0.363 e. The van der Waals surface area contributed by atoms with Gasteiger partial charge in [0.05, 0.1) is 24.3 Å². The normalized spacial score (nSPS) is 11.6. The first-order chi connectivity index (χ1) is 11.0. The molecule has 0 aliphatic rings. The van der Waals surface area contributed by atoms with E-state index in [9.17, 15) is 9.59 Å². The van der Waals surface area contributed by atoms with Crippen molar-refractivity contribution in [2.75, 3.05) is 24.3 Å². The average molecular weight is 332 g/mol. The minimum Gasteiger partial charge on any atom is -0.363 e. The van der Waals surface area contributed by atoms with Crippen molar-refractivity contribution >= 4 is 34.7 Å². The SMILES string of the molecule is CC(=O)N[C@H](CC(=O)Nc1ccc(N(C)C)nc1)c1cccs1. The topological polar surface area (TPSA) is 74.3 Å². The molecule has 2 aromatic heterocycles. The Kier molecular flexibility index (Phi) is 5.70. The van der Waals surface area contributed by atoms with Crippen LogP contribution in [0, 0.1) is 0 Å². The lowest BCUT2D eigenvalue weighted by atomic mass is 10.1. The highest BCUT2D eigenvalue weighted by molar-refractivity contribution is 7.10. The van der Waals surface area contributed by atoms with E-state index < -0.39 is 0 Å². The Morgan fingerprint density at radius 3 is 2.61 bits per heavy atom. The maximum Gasteiger partial charge on any atom is 0.226 e. The molecule has 2 amide bonds. The van der Waals surface area contributed by atoms with Crippen LogP contribution in [0.15, 0.2) is 35.8 Å². The van der Waals surface area contributed by atoms with E-state index in [4.69, 9.17) is 0 Å². The number of hydrogen-bond donors (Lipinski definition) is 2. The van der Waals surface area contributed by atoms with E-state index >= 15 is 0 Å². The monoisotopic (exact) mass is 332 g/mol.